The molecule has 0 spiro atoms. The summed E-state index contributed by atoms with van der Waals surface area (Å²) in [6, 6.07) is 6.72. The zero-order valence-electron chi connectivity index (χ0n) is 11.3. The van der Waals surface area contributed by atoms with Gasteiger partial charge in [-0.3, -0.25) is 9.59 Å². The van der Waals surface area contributed by atoms with Gasteiger partial charge in [0.25, 0.3) is 5.91 Å². The fourth-order valence-corrected chi connectivity index (χ4v) is 2.54. The lowest BCUT2D eigenvalue weighted by molar-refractivity contribution is -0.141. The molecule has 5 heteroatoms. The largest absolute Gasteiger partial charge is 0.481 e. The quantitative estimate of drug-likeness (QED) is 0.736. The number of nitrogens with one attached hydrogen (secondary N) is 1. The van der Waals surface area contributed by atoms with E-state index in [1.807, 2.05) is 0 Å². The number of benzene rings is 1. The molecule has 0 aliphatic heterocycles. The number of aliphatic hydroxyl groups is 1. The number of hydrogen-bond acceptors (Lipinski definition) is 3. The molecule has 5 nitrogen and oxygen atoms in total. The standard InChI is InChI=1S/C15H19NO4/c17-9-11-2-4-12(5-3-11)14(20)16-10-15(6-1-7-15)8-13(18)19/h2-5,17H,1,6-10H2,(H,16,20)(H,18,19). The molecule has 0 radical (unpaired) electrons. The van der Waals surface area contributed by atoms with E-state index in [0.717, 1.165) is 24.8 Å². The van der Waals surface area contributed by atoms with Crippen LogP contribution in [0, 0.1) is 5.41 Å². The van der Waals surface area contributed by atoms with Gasteiger partial charge in [-0.15, -0.1) is 0 Å². The first-order chi connectivity index (χ1) is 9.54. The number of aliphatic carboxylic acids is 1. The zero-order valence-corrected chi connectivity index (χ0v) is 11.3. The second-order valence-electron chi connectivity index (χ2n) is 5.46. The molecule has 0 atom stereocenters. The van der Waals surface area contributed by atoms with Gasteiger partial charge in [-0.1, -0.05) is 18.6 Å². The van der Waals surface area contributed by atoms with Crippen LogP contribution in [0.5, 0.6) is 0 Å². The maximum absolute atomic E-state index is 12.0. The minimum atomic E-state index is -0.814. The number of aliphatic hydroxyl groups excluding tert-OH is 1. The molecule has 3 N–H and O–H groups in total. The number of carbonyl (C=O) groups is 2. The van der Waals surface area contributed by atoms with Gasteiger partial charge in [0.15, 0.2) is 0 Å². The van der Waals surface area contributed by atoms with E-state index < -0.39 is 5.97 Å². The molecule has 0 unspecified atom stereocenters. The van der Waals surface area contributed by atoms with Crippen molar-refractivity contribution in [1.82, 2.24) is 5.32 Å². The van der Waals surface area contributed by atoms with Crippen molar-refractivity contribution in [1.29, 1.82) is 0 Å². The Morgan fingerprint density at radius 3 is 2.30 bits per heavy atom. The molecule has 20 heavy (non-hydrogen) atoms. The fraction of sp³-hybridized carbons (Fsp3) is 0.467. The van der Waals surface area contributed by atoms with E-state index in [1.54, 1.807) is 24.3 Å². The lowest BCUT2D eigenvalue weighted by Gasteiger charge is -2.40. The monoisotopic (exact) mass is 277 g/mol. The van der Waals surface area contributed by atoms with Gasteiger partial charge in [0.05, 0.1) is 13.0 Å². The number of amides is 1. The van der Waals surface area contributed by atoms with E-state index >= 15 is 0 Å². The lowest BCUT2D eigenvalue weighted by Crippen LogP contribution is -2.43. The predicted octanol–water partition coefficient (Wildman–Crippen LogP) is 1.55. The Hall–Kier alpha value is -1.88. The highest BCUT2D eigenvalue weighted by Gasteiger charge is 2.39. The van der Waals surface area contributed by atoms with Gasteiger partial charge in [-0.2, -0.15) is 0 Å². The van der Waals surface area contributed by atoms with E-state index in [9.17, 15) is 9.59 Å². The van der Waals surface area contributed by atoms with E-state index in [1.165, 1.54) is 0 Å². The molecule has 1 aromatic carbocycles. The van der Waals surface area contributed by atoms with Crippen LogP contribution in [0.4, 0.5) is 0 Å². The minimum absolute atomic E-state index is 0.0520. The van der Waals surface area contributed by atoms with Gasteiger partial charge in [0.1, 0.15) is 0 Å². The third-order valence-corrected chi connectivity index (χ3v) is 3.96. The summed E-state index contributed by atoms with van der Waals surface area (Å²) in [5, 5.41) is 20.7. The predicted molar refractivity (Wildman–Crippen MR) is 73.2 cm³/mol. The van der Waals surface area contributed by atoms with Crippen LogP contribution in [-0.2, 0) is 11.4 Å². The Morgan fingerprint density at radius 2 is 1.85 bits per heavy atom. The maximum Gasteiger partial charge on any atom is 0.303 e. The highest BCUT2D eigenvalue weighted by atomic mass is 16.4. The van der Waals surface area contributed by atoms with Gasteiger partial charge in [0.2, 0.25) is 0 Å². The van der Waals surface area contributed by atoms with Gasteiger partial charge in [0, 0.05) is 12.1 Å². The van der Waals surface area contributed by atoms with Crippen molar-refractivity contribution in [3.8, 4) is 0 Å². The highest BCUT2D eigenvalue weighted by Crippen LogP contribution is 2.43. The first-order valence-electron chi connectivity index (χ1n) is 6.74. The van der Waals surface area contributed by atoms with Crippen molar-refractivity contribution in [2.24, 2.45) is 5.41 Å². The summed E-state index contributed by atoms with van der Waals surface area (Å²) in [5.74, 6) is -1.02. The molecular weight excluding hydrogens is 258 g/mol. The first kappa shape index (κ1) is 14.5. The Kier molecular flexibility index (Phi) is 4.39. The average Bonchev–Trinajstić information content (AvgIpc) is 2.41. The fourth-order valence-electron chi connectivity index (χ4n) is 2.54. The number of carboxylic acid groups (broad SMARTS) is 1. The van der Waals surface area contributed by atoms with Crippen molar-refractivity contribution in [2.75, 3.05) is 6.54 Å². The Morgan fingerprint density at radius 1 is 1.20 bits per heavy atom. The van der Waals surface area contributed by atoms with E-state index in [4.69, 9.17) is 10.2 Å². The average molecular weight is 277 g/mol. The maximum atomic E-state index is 12.0. The van der Waals surface area contributed by atoms with E-state index in [-0.39, 0.29) is 24.3 Å². The van der Waals surface area contributed by atoms with Crippen LogP contribution in [0.25, 0.3) is 0 Å². The smallest absolute Gasteiger partial charge is 0.303 e. The second-order valence-corrected chi connectivity index (χ2v) is 5.46. The Labute approximate surface area is 117 Å². The molecule has 1 aromatic rings. The molecule has 1 fully saturated rings. The van der Waals surface area contributed by atoms with Crippen LogP contribution in [0.1, 0.15) is 41.6 Å². The molecule has 1 amide bonds. The molecule has 0 aromatic heterocycles. The number of hydrogen-bond donors (Lipinski definition) is 3. The SMILES string of the molecule is O=C(O)CC1(CNC(=O)c2ccc(CO)cc2)CCC1. The van der Waals surface area contributed by atoms with Gasteiger partial charge < -0.3 is 15.5 Å². The van der Waals surface area contributed by atoms with Crippen molar-refractivity contribution >= 4 is 11.9 Å². The molecule has 1 aliphatic rings. The van der Waals surface area contributed by atoms with Crippen LogP contribution in [0.2, 0.25) is 0 Å². The van der Waals surface area contributed by atoms with E-state index in [2.05, 4.69) is 5.32 Å². The van der Waals surface area contributed by atoms with Crippen molar-refractivity contribution in [2.45, 2.75) is 32.3 Å². The third-order valence-electron chi connectivity index (χ3n) is 3.96. The van der Waals surface area contributed by atoms with Crippen LogP contribution in [0.3, 0.4) is 0 Å². The van der Waals surface area contributed by atoms with Crippen molar-refractivity contribution < 1.29 is 19.8 Å². The molecule has 2 rings (SSSR count). The zero-order chi connectivity index (χ0) is 14.6. The van der Waals surface area contributed by atoms with Crippen LogP contribution < -0.4 is 5.32 Å². The third kappa shape index (κ3) is 3.36. The summed E-state index contributed by atoms with van der Waals surface area (Å²) in [6.07, 6.45) is 2.83. The van der Waals surface area contributed by atoms with Gasteiger partial charge in [-0.05, 0) is 36.0 Å². The van der Waals surface area contributed by atoms with Crippen LogP contribution in [-0.4, -0.2) is 28.6 Å². The van der Waals surface area contributed by atoms with E-state index in [0.29, 0.717) is 12.1 Å². The minimum Gasteiger partial charge on any atom is -0.481 e. The molecule has 108 valence electrons. The summed E-state index contributed by atoms with van der Waals surface area (Å²) >= 11 is 0. The molecule has 0 bridgehead atoms. The van der Waals surface area contributed by atoms with Gasteiger partial charge >= 0.3 is 5.97 Å². The first-order valence-corrected chi connectivity index (χ1v) is 6.74. The number of carbonyl (C=O) groups excluding carboxylic acids is 1. The molecule has 1 saturated carbocycles. The Balaban J connectivity index is 1.92. The summed E-state index contributed by atoms with van der Waals surface area (Å²) < 4.78 is 0. The molecule has 0 saturated heterocycles. The molecule has 1 aliphatic carbocycles. The highest BCUT2D eigenvalue weighted by molar-refractivity contribution is 5.94. The van der Waals surface area contributed by atoms with Crippen molar-refractivity contribution in [3.63, 3.8) is 0 Å². The van der Waals surface area contributed by atoms with Crippen molar-refractivity contribution in [3.05, 3.63) is 35.4 Å². The summed E-state index contributed by atoms with van der Waals surface area (Å²) in [6.45, 7) is 0.351. The Bertz CT molecular complexity index is 491. The lowest BCUT2D eigenvalue weighted by atomic mass is 9.66. The topological polar surface area (TPSA) is 86.6 Å². The summed E-state index contributed by atoms with van der Waals surface area (Å²) in [5.41, 5.74) is 1.00. The van der Waals surface area contributed by atoms with Gasteiger partial charge in [-0.25, -0.2) is 0 Å². The second kappa shape index (κ2) is 6.05. The van der Waals surface area contributed by atoms with Crippen LogP contribution in [0.15, 0.2) is 24.3 Å². The molecule has 0 heterocycles. The summed E-state index contributed by atoms with van der Waals surface area (Å²) in [7, 11) is 0. The number of rotatable bonds is 6. The normalized spacial score (nSPS) is 16.2. The molecular formula is C15H19NO4. The number of carboxylic acids is 1. The van der Waals surface area contributed by atoms with Crippen LogP contribution >= 0.6 is 0 Å². The summed E-state index contributed by atoms with van der Waals surface area (Å²) in [4.78, 5) is 22.9.